The summed E-state index contributed by atoms with van der Waals surface area (Å²) in [4.78, 5) is 4.27. The van der Waals surface area contributed by atoms with Crippen LogP contribution in [-0.4, -0.2) is 30.8 Å². The van der Waals surface area contributed by atoms with Crippen molar-refractivity contribution in [3.05, 3.63) is 40.9 Å². The van der Waals surface area contributed by atoms with Gasteiger partial charge in [-0.1, -0.05) is 12.1 Å². The fraction of sp³-hybridized carbons (Fsp3) is 0.400. The molecule has 0 saturated heterocycles. The Labute approximate surface area is 148 Å². The Morgan fingerprint density at radius 3 is 2.36 bits per heavy atom. The standard InChI is InChI=1S/C15H18F3N3O2S2/c1-10(2)21(3)25(22,23)19-8-13-9-24-14(20-13)11-4-6-12(7-5-11)15(16,17)18/h4-7,9-10,19H,8H2,1-3H3. The highest BCUT2D eigenvalue weighted by atomic mass is 32.2. The number of aromatic nitrogens is 1. The van der Waals surface area contributed by atoms with Crippen LogP contribution >= 0.6 is 11.3 Å². The third kappa shape index (κ3) is 5.00. The molecule has 1 aromatic carbocycles. The molecule has 0 fully saturated rings. The van der Waals surface area contributed by atoms with Crippen molar-refractivity contribution in [1.82, 2.24) is 14.0 Å². The van der Waals surface area contributed by atoms with Crippen LogP contribution in [-0.2, 0) is 22.9 Å². The molecule has 1 N–H and O–H groups in total. The second-order valence-corrected chi connectivity index (χ2v) is 8.33. The van der Waals surface area contributed by atoms with Crippen molar-refractivity contribution in [1.29, 1.82) is 0 Å². The Hall–Kier alpha value is -1.49. The first-order valence-electron chi connectivity index (χ1n) is 7.35. The van der Waals surface area contributed by atoms with Crippen LogP contribution in [0.5, 0.6) is 0 Å². The van der Waals surface area contributed by atoms with Crippen LogP contribution in [0.2, 0.25) is 0 Å². The Morgan fingerprint density at radius 1 is 1.24 bits per heavy atom. The molecule has 2 aromatic rings. The topological polar surface area (TPSA) is 62.3 Å². The van der Waals surface area contributed by atoms with Gasteiger partial charge in [-0.2, -0.15) is 30.6 Å². The zero-order valence-corrected chi connectivity index (χ0v) is 15.5. The minimum absolute atomic E-state index is 0.0104. The lowest BCUT2D eigenvalue weighted by Gasteiger charge is -2.20. The normalized spacial score (nSPS) is 13.0. The molecule has 5 nitrogen and oxygen atoms in total. The summed E-state index contributed by atoms with van der Waals surface area (Å²) in [5.41, 5.74) is 0.324. The number of alkyl halides is 3. The number of hydrogen-bond acceptors (Lipinski definition) is 4. The van der Waals surface area contributed by atoms with Crippen molar-refractivity contribution in [3.8, 4) is 10.6 Å². The zero-order valence-electron chi connectivity index (χ0n) is 13.8. The molecule has 0 amide bonds. The van der Waals surface area contributed by atoms with Gasteiger partial charge in [-0.15, -0.1) is 11.3 Å². The Bertz CT molecular complexity index is 815. The van der Waals surface area contributed by atoms with Gasteiger partial charge in [-0.25, -0.2) is 4.98 Å². The smallest absolute Gasteiger partial charge is 0.240 e. The van der Waals surface area contributed by atoms with Gasteiger partial charge in [0, 0.05) is 24.0 Å². The van der Waals surface area contributed by atoms with Gasteiger partial charge in [0.1, 0.15) is 5.01 Å². The van der Waals surface area contributed by atoms with Crippen molar-refractivity contribution in [2.24, 2.45) is 0 Å². The zero-order chi connectivity index (χ0) is 18.8. The van der Waals surface area contributed by atoms with Crippen LogP contribution in [0.3, 0.4) is 0 Å². The molecular weight excluding hydrogens is 375 g/mol. The van der Waals surface area contributed by atoms with Crippen LogP contribution in [0.1, 0.15) is 25.1 Å². The van der Waals surface area contributed by atoms with Gasteiger partial charge in [-0.05, 0) is 26.0 Å². The van der Waals surface area contributed by atoms with Crippen molar-refractivity contribution in [3.63, 3.8) is 0 Å². The maximum Gasteiger partial charge on any atom is 0.416 e. The second kappa shape index (κ2) is 7.40. The Kier molecular flexibility index (Phi) is 5.87. The average Bonchev–Trinajstić information content (AvgIpc) is 3.00. The van der Waals surface area contributed by atoms with E-state index in [4.69, 9.17) is 0 Å². The predicted octanol–water partition coefficient (Wildman–Crippen LogP) is 3.50. The monoisotopic (exact) mass is 393 g/mol. The van der Waals surface area contributed by atoms with E-state index < -0.39 is 21.9 Å². The van der Waals surface area contributed by atoms with E-state index in [2.05, 4.69) is 9.71 Å². The third-order valence-electron chi connectivity index (χ3n) is 3.55. The number of thiazole rings is 1. The molecule has 2 rings (SSSR count). The lowest BCUT2D eigenvalue weighted by atomic mass is 10.1. The van der Waals surface area contributed by atoms with Crippen LogP contribution in [0.15, 0.2) is 29.6 Å². The predicted molar refractivity (Wildman–Crippen MR) is 91.2 cm³/mol. The van der Waals surface area contributed by atoms with Gasteiger partial charge >= 0.3 is 6.18 Å². The van der Waals surface area contributed by atoms with Crippen LogP contribution in [0.25, 0.3) is 10.6 Å². The molecule has 0 saturated carbocycles. The van der Waals surface area contributed by atoms with Gasteiger partial charge in [0.05, 0.1) is 17.8 Å². The van der Waals surface area contributed by atoms with E-state index in [1.807, 2.05) is 0 Å². The minimum atomic E-state index is -4.38. The number of halogens is 3. The summed E-state index contributed by atoms with van der Waals surface area (Å²) in [5.74, 6) is 0. The molecule has 0 aliphatic rings. The number of rotatable bonds is 6. The van der Waals surface area contributed by atoms with Gasteiger partial charge in [0.25, 0.3) is 10.2 Å². The van der Waals surface area contributed by atoms with Crippen LogP contribution in [0.4, 0.5) is 13.2 Å². The molecule has 0 spiro atoms. The lowest BCUT2D eigenvalue weighted by molar-refractivity contribution is -0.137. The van der Waals surface area contributed by atoms with E-state index in [-0.39, 0.29) is 12.6 Å². The van der Waals surface area contributed by atoms with Crippen molar-refractivity contribution < 1.29 is 21.6 Å². The lowest BCUT2D eigenvalue weighted by Crippen LogP contribution is -2.41. The molecular formula is C15H18F3N3O2S2. The summed E-state index contributed by atoms with van der Waals surface area (Å²) in [6.45, 7) is 3.52. The van der Waals surface area contributed by atoms with Crippen molar-refractivity contribution in [2.75, 3.05) is 7.05 Å². The van der Waals surface area contributed by atoms with E-state index >= 15 is 0 Å². The molecule has 25 heavy (non-hydrogen) atoms. The van der Waals surface area contributed by atoms with Crippen molar-refractivity contribution in [2.45, 2.75) is 32.6 Å². The molecule has 0 atom stereocenters. The summed E-state index contributed by atoms with van der Waals surface area (Å²) in [6, 6.07) is 4.51. The summed E-state index contributed by atoms with van der Waals surface area (Å²) < 4.78 is 65.5. The highest BCUT2D eigenvalue weighted by molar-refractivity contribution is 7.87. The Balaban J connectivity index is 2.08. The van der Waals surface area contributed by atoms with E-state index in [1.54, 1.807) is 19.2 Å². The molecule has 0 unspecified atom stereocenters. The van der Waals surface area contributed by atoms with Gasteiger partial charge < -0.3 is 0 Å². The summed E-state index contributed by atoms with van der Waals surface area (Å²) in [7, 11) is -2.14. The molecule has 0 aliphatic heterocycles. The van der Waals surface area contributed by atoms with E-state index in [1.165, 1.54) is 34.8 Å². The van der Waals surface area contributed by atoms with Crippen LogP contribution in [0, 0.1) is 0 Å². The number of hydrogen-bond donors (Lipinski definition) is 1. The van der Waals surface area contributed by atoms with Gasteiger partial charge in [0.15, 0.2) is 0 Å². The van der Waals surface area contributed by atoms with Crippen LogP contribution < -0.4 is 4.72 Å². The molecule has 1 aromatic heterocycles. The van der Waals surface area contributed by atoms with Gasteiger partial charge in [-0.3, -0.25) is 0 Å². The second-order valence-electron chi connectivity index (χ2n) is 5.66. The molecule has 0 bridgehead atoms. The SMILES string of the molecule is CC(C)N(C)S(=O)(=O)NCc1csc(-c2ccc(C(F)(F)F)cc2)n1. The first kappa shape index (κ1) is 19.8. The number of benzene rings is 1. The average molecular weight is 393 g/mol. The molecule has 138 valence electrons. The molecule has 0 radical (unpaired) electrons. The molecule has 10 heteroatoms. The first-order chi connectivity index (χ1) is 11.5. The fourth-order valence-corrected chi connectivity index (χ4v) is 3.78. The van der Waals surface area contributed by atoms with Crippen molar-refractivity contribution >= 4 is 21.5 Å². The summed E-state index contributed by atoms with van der Waals surface area (Å²) in [6.07, 6.45) is -4.38. The maximum absolute atomic E-state index is 12.6. The first-order valence-corrected chi connectivity index (χ1v) is 9.67. The summed E-state index contributed by atoms with van der Waals surface area (Å²) >= 11 is 1.24. The van der Waals surface area contributed by atoms with E-state index in [0.29, 0.717) is 16.3 Å². The number of nitrogens with one attached hydrogen (secondary N) is 1. The highest BCUT2D eigenvalue weighted by Gasteiger charge is 2.30. The quantitative estimate of drug-likeness (QED) is 0.817. The Morgan fingerprint density at radius 2 is 1.84 bits per heavy atom. The van der Waals surface area contributed by atoms with E-state index in [0.717, 1.165) is 12.1 Å². The van der Waals surface area contributed by atoms with Gasteiger partial charge in [0.2, 0.25) is 0 Å². The highest BCUT2D eigenvalue weighted by Crippen LogP contribution is 2.31. The summed E-state index contributed by atoms with van der Waals surface area (Å²) in [5, 5.41) is 2.20. The molecule has 1 heterocycles. The maximum atomic E-state index is 12.6. The largest absolute Gasteiger partial charge is 0.416 e. The minimum Gasteiger partial charge on any atom is -0.240 e. The molecule has 0 aliphatic carbocycles. The van der Waals surface area contributed by atoms with E-state index in [9.17, 15) is 21.6 Å². The number of nitrogens with zero attached hydrogens (tertiary/aromatic N) is 2. The third-order valence-corrected chi connectivity index (χ3v) is 6.18. The fourth-order valence-electron chi connectivity index (χ4n) is 1.87.